The zero-order valence-electron chi connectivity index (χ0n) is 20.8. The number of nitrogens with zero attached hydrogens (tertiary/aromatic N) is 6. The number of anilines is 4. The molecule has 6 rings (SSSR count). The van der Waals surface area contributed by atoms with Crippen LogP contribution >= 0.6 is 11.6 Å². The van der Waals surface area contributed by atoms with Crippen molar-refractivity contribution in [3.8, 4) is 34.0 Å². The van der Waals surface area contributed by atoms with Crippen LogP contribution in [0.3, 0.4) is 0 Å². The third-order valence-corrected chi connectivity index (χ3v) is 6.08. The first kappa shape index (κ1) is 25.0. The van der Waals surface area contributed by atoms with E-state index in [0.717, 1.165) is 22.5 Å². The molecule has 0 aliphatic rings. The van der Waals surface area contributed by atoms with Crippen LogP contribution < -0.4 is 10.6 Å². The molecule has 4 aromatic heterocycles. The molecule has 194 valence electrons. The first-order chi connectivity index (χ1) is 19.6. The first-order valence-corrected chi connectivity index (χ1v) is 12.6. The zero-order valence-corrected chi connectivity index (χ0v) is 21.6. The smallest absolute Gasteiger partial charge is 0.164 e. The Morgan fingerprint density at radius 2 is 1.25 bits per heavy atom. The van der Waals surface area contributed by atoms with E-state index in [0.29, 0.717) is 33.7 Å². The highest BCUT2D eigenvalue weighted by molar-refractivity contribution is 6.31. The highest BCUT2D eigenvalue weighted by Crippen LogP contribution is 2.30. The lowest BCUT2D eigenvalue weighted by Crippen LogP contribution is -1.99. The molecule has 0 aliphatic heterocycles. The third kappa shape index (κ3) is 5.74. The van der Waals surface area contributed by atoms with E-state index >= 15 is 0 Å². The van der Waals surface area contributed by atoms with Crippen molar-refractivity contribution in [3.05, 3.63) is 121 Å². The van der Waals surface area contributed by atoms with Gasteiger partial charge in [-0.05, 0) is 66.7 Å². The summed E-state index contributed by atoms with van der Waals surface area (Å²) in [7, 11) is 0. The first-order valence-electron chi connectivity index (χ1n) is 12.2. The number of halogens is 2. The number of hydrogen-bond donors (Lipinski definition) is 2. The van der Waals surface area contributed by atoms with E-state index in [1.165, 1.54) is 6.07 Å². The van der Waals surface area contributed by atoms with Crippen molar-refractivity contribution in [3.63, 3.8) is 0 Å². The number of rotatable bonds is 7. The van der Waals surface area contributed by atoms with Gasteiger partial charge < -0.3 is 10.6 Å². The standard InChI is InChI=1S/C30H20ClFN8/c31-21-16-19(15-20(17-21)29-35-13-8-27(39-29)37-22-5-10-33-11-6-22)26-18-23(7-12-34-26)38-28-9-14-36-30(40-28)24-3-1-2-4-25(24)32/h1-18H,(H,33,35,37,39)(H,34,36,38,40). The molecule has 0 aliphatic carbocycles. The van der Waals surface area contributed by atoms with Crippen molar-refractivity contribution in [1.82, 2.24) is 29.9 Å². The average Bonchev–Trinajstić information content (AvgIpc) is 2.98. The predicted molar refractivity (Wildman–Crippen MR) is 154 cm³/mol. The second-order valence-electron chi connectivity index (χ2n) is 8.66. The maximum absolute atomic E-state index is 14.2. The van der Waals surface area contributed by atoms with Crippen molar-refractivity contribution in [1.29, 1.82) is 0 Å². The molecule has 0 atom stereocenters. The largest absolute Gasteiger partial charge is 0.340 e. The fourth-order valence-corrected chi connectivity index (χ4v) is 4.27. The molecule has 8 nitrogen and oxygen atoms in total. The quantitative estimate of drug-likeness (QED) is 0.214. The van der Waals surface area contributed by atoms with E-state index in [9.17, 15) is 4.39 Å². The number of nitrogens with one attached hydrogen (secondary N) is 2. The van der Waals surface area contributed by atoms with Gasteiger partial charge in [0.2, 0.25) is 0 Å². The molecule has 2 N–H and O–H groups in total. The molecule has 40 heavy (non-hydrogen) atoms. The molecule has 0 radical (unpaired) electrons. The van der Waals surface area contributed by atoms with Crippen molar-refractivity contribution < 1.29 is 4.39 Å². The van der Waals surface area contributed by atoms with Gasteiger partial charge >= 0.3 is 0 Å². The molecule has 0 fully saturated rings. The van der Waals surface area contributed by atoms with Gasteiger partial charge in [-0.15, -0.1) is 0 Å². The van der Waals surface area contributed by atoms with Gasteiger partial charge in [-0.25, -0.2) is 24.3 Å². The molecule has 6 aromatic rings. The number of aromatic nitrogens is 6. The summed E-state index contributed by atoms with van der Waals surface area (Å²) in [5.41, 5.74) is 4.15. The molecular formula is C30H20ClFN8. The van der Waals surface area contributed by atoms with Crippen LogP contribution in [0, 0.1) is 5.82 Å². The number of pyridine rings is 2. The van der Waals surface area contributed by atoms with Gasteiger partial charge in [0.1, 0.15) is 17.5 Å². The Hall–Kier alpha value is -5.28. The molecule has 10 heteroatoms. The summed E-state index contributed by atoms with van der Waals surface area (Å²) in [6.45, 7) is 0. The monoisotopic (exact) mass is 546 g/mol. The summed E-state index contributed by atoms with van der Waals surface area (Å²) < 4.78 is 14.2. The van der Waals surface area contributed by atoms with Crippen LogP contribution in [-0.4, -0.2) is 29.9 Å². The molecule has 0 amide bonds. The van der Waals surface area contributed by atoms with Crippen LogP contribution in [0.4, 0.5) is 27.4 Å². The van der Waals surface area contributed by atoms with E-state index in [1.807, 2.05) is 42.5 Å². The van der Waals surface area contributed by atoms with Crippen LogP contribution in [0.15, 0.2) is 110 Å². The molecule has 0 unspecified atom stereocenters. The van der Waals surface area contributed by atoms with Gasteiger partial charge in [0.15, 0.2) is 11.6 Å². The topological polar surface area (TPSA) is 101 Å². The molecule has 0 saturated carbocycles. The minimum atomic E-state index is -0.384. The summed E-state index contributed by atoms with van der Waals surface area (Å²) in [6, 6.07) is 22.9. The minimum Gasteiger partial charge on any atom is -0.340 e. The SMILES string of the molecule is Fc1ccccc1-c1nccc(Nc2ccnc(-c3cc(Cl)cc(-c4nccc(Nc5ccncc5)n4)c3)c2)n1. The Kier molecular flexibility index (Phi) is 7.02. The fourth-order valence-electron chi connectivity index (χ4n) is 4.03. The lowest BCUT2D eigenvalue weighted by atomic mass is 10.1. The van der Waals surface area contributed by atoms with Gasteiger partial charge in [0.25, 0.3) is 0 Å². The van der Waals surface area contributed by atoms with E-state index < -0.39 is 0 Å². The van der Waals surface area contributed by atoms with Crippen LogP contribution in [0.5, 0.6) is 0 Å². The lowest BCUT2D eigenvalue weighted by Gasteiger charge is -2.11. The van der Waals surface area contributed by atoms with E-state index in [-0.39, 0.29) is 11.6 Å². The van der Waals surface area contributed by atoms with Crippen molar-refractivity contribution in [2.45, 2.75) is 0 Å². The molecule has 0 saturated heterocycles. The van der Waals surface area contributed by atoms with E-state index in [1.54, 1.807) is 61.3 Å². The Morgan fingerprint density at radius 3 is 2.05 bits per heavy atom. The Balaban J connectivity index is 1.27. The number of hydrogen-bond acceptors (Lipinski definition) is 8. The van der Waals surface area contributed by atoms with Crippen molar-refractivity contribution in [2.75, 3.05) is 10.6 Å². The summed E-state index contributed by atoms with van der Waals surface area (Å²) >= 11 is 6.51. The van der Waals surface area contributed by atoms with Crippen molar-refractivity contribution in [2.24, 2.45) is 0 Å². The van der Waals surface area contributed by atoms with Crippen LogP contribution in [0.1, 0.15) is 0 Å². The second-order valence-corrected chi connectivity index (χ2v) is 9.09. The minimum absolute atomic E-state index is 0.289. The fraction of sp³-hybridized carbons (Fsp3) is 0. The summed E-state index contributed by atoms with van der Waals surface area (Å²) in [5, 5.41) is 7.02. The highest BCUT2D eigenvalue weighted by Gasteiger charge is 2.11. The van der Waals surface area contributed by atoms with Gasteiger partial charge in [0, 0.05) is 58.5 Å². The van der Waals surface area contributed by atoms with Crippen LogP contribution in [0.2, 0.25) is 5.02 Å². The normalized spacial score (nSPS) is 10.8. The zero-order chi connectivity index (χ0) is 27.3. The highest BCUT2D eigenvalue weighted by atomic mass is 35.5. The molecule has 0 bridgehead atoms. The van der Waals surface area contributed by atoms with Crippen molar-refractivity contribution >= 4 is 34.6 Å². The van der Waals surface area contributed by atoms with Crippen LogP contribution in [0.25, 0.3) is 34.0 Å². The summed E-state index contributed by atoms with van der Waals surface area (Å²) in [5.74, 6) is 1.58. The second kappa shape index (κ2) is 11.2. The van der Waals surface area contributed by atoms with E-state index in [4.69, 9.17) is 11.6 Å². The van der Waals surface area contributed by atoms with Gasteiger partial charge in [-0.2, -0.15) is 0 Å². The average molecular weight is 547 g/mol. The summed E-state index contributed by atoms with van der Waals surface area (Å²) in [4.78, 5) is 26.4. The van der Waals surface area contributed by atoms with Gasteiger partial charge in [-0.3, -0.25) is 9.97 Å². The molecular weight excluding hydrogens is 527 g/mol. The molecule has 2 aromatic carbocycles. The Bertz CT molecular complexity index is 1800. The summed E-state index contributed by atoms with van der Waals surface area (Å²) in [6.07, 6.45) is 8.37. The predicted octanol–water partition coefficient (Wildman–Crippen LogP) is 7.34. The molecule has 0 spiro atoms. The number of benzene rings is 2. The van der Waals surface area contributed by atoms with E-state index in [2.05, 4.69) is 40.5 Å². The van der Waals surface area contributed by atoms with Gasteiger partial charge in [-0.1, -0.05) is 23.7 Å². The Labute approximate surface area is 234 Å². The van der Waals surface area contributed by atoms with Gasteiger partial charge in [0.05, 0.1) is 11.3 Å². The lowest BCUT2D eigenvalue weighted by molar-refractivity contribution is 0.630. The van der Waals surface area contributed by atoms with Crippen LogP contribution in [-0.2, 0) is 0 Å². The Morgan fingerprint density at radius 1 is 0.600 bits per heavy atom. The third-order valence-electron chi connectivity index (χ3n) is 5.86. The maximum Gasteiger partial charge on any atom is 0.164 e. The molecule has 4 heterocycles. The maximum atomic E-state index is 14.2.